The third kappa shape index (κ3) is 3.56. The molecule has 0 spiro atoms. The molecule has 0 aliphatic carbocycles. The van der Waals surface area contributed by atoms with Gasteiger partial charge in [0.05, 0.1) is 7.11 Å². The molecule has 2 N–H and O–H groups in total. The lowest BCUT2D eigenvalue weighted by atomic mass is 9.93. The lowest BCUT2D eigenvalue weighted by Gasteiger charge is -2.27. The molecule has 0 aromatic heterocycles. The fourth-order valence-electron chi connectivity index (χ4n) is 1.57. The minimum absolute atomic E-state index is 0.120. The predicted octanol–water partition coefficient (Wildman–Crippen LogP) is 1.02. The first-order valence-electron chi connectivity index (χ1n) is 4.64. The van der Waals surface area contributed by atoms with Crippen molar-refractivity contribution in [3.63, 3.8) is 0 Å². The van der Waals surface area contributed by atoms with Crippen molar-refractivity contribution in [1.82, 2.24) is 0 Å². The van der Waals surface area contributed by atoms with E-state index in [2.05, 4.69) is 4.74 Å². The van der Waals surface area contributed by atoms with Gasteiger partial charge in [0.2, 0.25) is 0 Å². The number of ether oxygens (including phenoxy) is 1. The summed E-state index contributed by atoms with van der Waals surface area (Å²) >= 11 is 1.91. The topological polar surface area (TPSA) is 52.3 Å². The number of hydrogen-bond donors (Lipinski definition) is 1. The van der Waals surface area contributed by atoms with Gasteiger partial charge < -0.3 is 10.5 Å². The SMILES string of the molecule is COC(=O)CC[C@H]1CCSC[C@@H]1N. The minimum atomic E-state index is -0.120. The maximum absolute atomic E-state index is 10.9. The van der Waals surface area contributed by atoms with Crippen molar-refractivity contribution >= 4 is 17.7 Å². The molecule has 1 aliphatic heterocycles. The zero-order valence-electron chi connectivity index (χ0n) is 7.99. The number of methoxy groups -OCH3 is 1. The Bertz CT molecular complexity index is 175. The molecule has 13 heavy (non-hydrogen) atoms. The third-order valence-electron chi connectivity index (χ3n) is 2.50. The summed E-state index contributed by atoms with van der Waals surface area (Å²) in [7, 11) is 1.43. The van der Waals surface area contributed by atoms with Gasteiger partial charge in [0.1, 0.15) is 0 Å². The second kappa shape index (κ2) is 5.50. The quantitative estimate of drug-likeness (QED) is 0.696. The van der Waals surface area contributed by atoms with Crippen molar-refractivity contribution in [1.29, 1.82) is 0 Å². The molecule has 0 unspecified atom stereocenters. The van der Waals surface area contributed by atoms with E-state index in [1.807, 2.05) is 11.8 Å². The summed E-state index contributed by atoms with van der Waals surface area (Å²) in [5.74, 6) is 2.61. The fourth-order valence-corrected chi connectivity index (χ4v) is 2.75. The maximum atomic E-state index is 10.9. The standard InChI is InChI=1S/C9H17NO2S/c1-12-9(11)3-2-7-4-5-13-6-8(7)10/h7-8H,2-6,10H2,1H3/t7-,8-/m0/s1. The molecule has 0 bridgehead atoms. The molecule has 1 heterocycles. The Morgan fingerprint density at radius 3 is 3.08 bits per heavy atom. The van der Waals surface area contributed by atoms with Crippen LogP contribution in [0, 0.1) is 5.92 Å². The molecule has 0 aromatic rings. The zero-order chi connectivity index (χ0) is 9.68. The van der Waals surface area contributed by atoms with Gasteiger partial charge in [-0.2, -0.15) is 11.8 Å². The van der Waals surface area contributed by atoms with E-state index in [1.165, 1.54) is 12.9 Å². The van der Waals surface area contributed by atoms with Crippen LogP contribution in [0.4, 0.5) is 0 Å². The van der Waals surface area contributed by atoms with Gasteiger partial charge in [-0.1, -0.05) is 0 Å². The summed E-state index contributed by atoms with van der Waals surface area (Å²) in [6, 6.07) is 0.267. The Balaban J connectivity index is 2.22. The molecular formula is C9H17NO2S. The van der Waals surface area contributed by atoms with Crippen LogP contribution in [0.2, 0.25) is 0 Å². The average Bonchev–Trinajstić information content (AvgIpc) is 2.16. The maximum Gasteiger partial charge on any atom is 0.305 e. The molecule has 3 nitrogen and oxygen atoms in total. The van der Waals surface area contributed by atoms with E-state index in [1.54, 1.807) is 0 Å². The smallest absolute Gasteiger partial charge is 0.305 e. The van der Waals surface area contributed by atoms with Gasteiger partial charge in [-0.25, -0.2) is 0 Å². The van der Waals surface area contributed by atoms with Crippen molar-refractivity contribution in [2.24, 2.45) is 11.7 Å². The van der Waals surface area contributed by atoms with Gasteiger partial charge in [-0.05, 0) is 24.5 Å². The zero-order valence-corrected chi connectivity index (χ0v) is 8.81. The predicted molar refractivity (Wildman–Crippen MR) is 54.7 cm³/mol. The van der Waals surface area contributed by atoms with Crippen LogP contribution < -0.4 is 5.73 Å². The molecule has 1 fully saturated rings. The van der Waals surface area contributed by atoms with Crippen LogP contribution in [0.1, 0.15) is 19.3 Å². The van der Waals surface area contributed by atoms with Crippen molar-refractivity contribution in [2.45, 2.75) is 25.3 Å². The first-order chi connectivity index (χ1) is 6.24. The lowest BCUT2D eigenvalue weighted by Crippen LogP contribution is -2.36. The van der Waals surface area contributed by atoms with Crippen molar-refractivity contribution in [3.8, 4) is 0 Å². The van der Waals surface area contributed by atoms with Crippen molar-refractivity contribution in [2.75, 3.05) is 18.6 Å². The highest BCUT2D eigenvalue weighted by atomic mass is 32.2. The van der Waals surface area contributed by atoms with E-state index in [0.717, 1.165) is 18.6 Å². The van der Waals surface area contributed by atoms with E-state index >= 15 is 0 Å². The molecule has 0 saturated carbocycles. The number of hydrogen-bond acceptors (Lipinski definition) is 4. The van der Waals surface area contributed by atoms with E-state index in [0.29, 0.717) is 12.3 Å². The molecule has 76 valence electrons. The molecule has 4 heteroatoms. The molecule has 0 aromatic carbocycles. The fraction of sp³-hybridized carbons (Fsp3) is 0.889. The van der Waals surface area contributed by atoms with Crippen LogP contribution in [-0.2, 0) is 9.53 Å². The van der Waals surface area contributed by atoms with Gasteiger partial charge in [0.15, 0.2) is 0 Å². The van der Waals surface area contributed by atoms with E-state index in [4.69, 9.17) is 5.73 Å². The number of esters is 1. The Hall–Kier alpha value is -0.220. The van der Waals surface area contributed by atoms with Crippen LogP contribution in [0.3, 0.4) is 0 Å². The first kappa shape index (κ1) is 10.9. The molecule has 0 radical (unpaired) electrons. The highest BCUT2D eigenvalue weighted by Gasteiger charge is 2.22. The van der Waals surface area contributed by atoms with Gasteiger partial charge in [0, 0.05) is 18.2 Å². The van der Waals surface area contributed by atoms with Crippen molar-refractivity contribution in [3.05, 3.63) is 0 Å². The number of carbonyl (C=O) groups is 1. The summed E-state index contributed by atoms with van der Waals surface area (Å²) in [4.78, 5) is 10.9. The van der Waals surface area contributed by atoms with E-state index in [-0.39, 0.29) is 12.0 Å². The van der Waals surface area contributed by atoms with Gasteiger partial charge in [-0.3, -0.25) is 4.79 Å². The van der Waals surface area contributed by atoms with Crippen LogP contribution in [0.5, 0.6) is 0 Å². The monoisotopic (exact) mass is 203 g/mol. The molecular weight excluding hydrogens is 186 g/mol. The normalized spacial score (nSPS) is 28.5. The Morgan fingerprint density at radius 1 is 1.69 bits per heavy atom. The van der Waals surface area contributed by atoms with Crippen LogP contribution in [-0.4, -0.2) is 30.6 Å². The van der Waals surface area contributed by atoms with Crippen molar-refractivity contribution < 1.29 is 9.53 Å². The van der Waals surface area contributed by atoms with E-state index < -0.39 is 0 Å². The summed E-state index contributed by atoms with van der Waals surface area (Å²) in [6.07, 6.45) is 2.54. The number of rotatable bonds is 3. The third-order valence-corrected chi connectivity index (χ3v) is 3.64. The van der Waals surface area contributed by atoms with Gasteiger partial charge >= 0.3 is 5.97 Å². The second-order valence-electron chi connectivity index (χ2n) is 3.40. The molecule has 2 atom stereocenters. The second-order valence-corrected chi connectivity index (χ2v) is 4.55. The molecule has 1 aliphatic rings. The van der Waals surface area contributed by atoms with Gasteiger partial charge in [0.25, 0.3) is 0 Å². The molecule has 0 amide bonds. The summed E-state index contributed by atoms with van der Waals surface area (Å²) in [5, 5.41) is 0. The minimum Gasteiger partial charge on any atom is -0.469 e. The molecule has 1 saturated heterocycles. The highest BCUT2D eigenvalue weighted by Crippen LogP contribution is 2.25. The van der Waals surface area contributed by atoms with Crippen LogP contribution in [0.25, 0.3) is 0 Å². The Labute approximate surface area is 83.4 Å². The molecule has 1 rings (SSSR count). The summed E-state index contributed by atoms with van der Waals surface area (Å²) in [5.41, 5.74) is 5.93. The number of nitrogens with two attached hydrogens (primary N) is 1. The highest BCUT2D eigenvalue weighted by molar-refractivity contribution is 7.99. The van der Waals surface area contributed by atoms with E-state index in [9.17, 15) is 4.79 Å². The van der Waals surface area contributed by atoms with Gasteiger partial charge in [-0.15, -0.1) is 0 Å². The largest absolute Gasteiger partial charge is 0.469 e. The van der Waals surface area contributed by atoms with Crippen LogP contribution in [0.15, 0.2) is 0 Å². The lowest BCUT2D eigenvalue weighted by molar-refractivity contribution is -0.140. The number of thioether (sulfide) groups is 1. The summed E-state index contributed by atoms with van der Waals surface area (Å²) in [6.45, 7) is 0. The first-order valence-corrected chi connectivity index (χ1v) is 5.79. The average molecular weight is 203 g/mol. The van der Waals surface area contributed by atoms with Crippen LogP contribution >= 0.6 is 11.8 Å². The summed E-state index contributed by atoms with van der Waals surface area (Å²) < 4.78 is 4.59. The number of carbonyl (C=O) groups excluding carboxylic acids is 1. The Kier molecular flexibility index (Phi) is 4.59. The Morgan fingerprint density at radius 2 is 2.46 bits per heavy atom.